The number of fused-ring (bicyclic) bond motifs is 1. The van der Waals surface area contributed by atoms with Gasteiger partial charge in [-0.25, -0.2) is 4.79 Å². The third-order valence-electron chi connectivity index (χ3n) is 6.92. The van der Waals surface area contributed by atoms with Gasteiger partial charge in [0.15, 0.2) is 0 Å². The largest absolute Gasteiger partial charge is 0.465 e. The molecule has 0 unspecified atom stereocenters. The van der Waals surface area contributed by atoms with Crippen LogP contribution < -0.4 is 4.90 Å². The summed E-state index contributed by atoms with van der Waals surface area (Å²) in [7, 11) is 0. The van der Waals surface area contributed by atoms with Gasteiger partial charge in [0.25, 0.3) is 0 Å². The quantitative estimate of drug-likeness (QED) is 0.389. The van der Waals surface area contributed by atoms with Crippen molar-refractivity contribution in [2.75, 3.05) is 4.90 Å². The van der Waals surface area contributed by atoms with Crippen LogP contribution in [-0.4, -0.2) is 28.0 Å². The van der Waals surface area contributed by atoms with Gasteiger partial charge in [-0.3, -0.25) is 9.69 Å². The number of hydrogen-bond donors (Lipinski definition) is 1. The standard InChI is InChI=1S/C25H21F9N2O3/c1-12(37)35(11-13-6-16(24(29,30)31)8-17(7-13)25(32,33)34)21-10-20(14-2-3-14)36(22(38)39)19-5-4-15(9-18(19)21)23(26,27)28/h4-9,14,20-21H,2-3,10-11H2,1H3,(H,38,39)/t20-,21-/m0/s1. The Bertz CT molecular complexity index is 1250. The first kappa shape index (κ1) is 28.6. The monoisotopic (exact) mass is 568 g/mol. The number of rotatable bonds is 4. The normalized spacial score (nSPS) is 20.0. The van der Waals surface area contributed by atoms with E-state index >= 15 is 0 Å². The van der Waals surface area contributed by atoms with E-state index in [2.05, 4.69) is 0 Å². The minimum absolute atomic E-state index is 0.0685. The van der Waals surface area contributed by atoms with Gasteiger partial charge in [0.05, 0.1) is 28.4 Å². The second-order valence-corrected chi connectivity index (χ2v) is 9.64. The Morgan fingerprint density at radius 1 is 0.872 bits per heavy atom. The van der Waals surface area contributed by atoms with Gasteiger partial charge >= 0.3 is 24.6 Å². The summed E-state index contributed by atoms with van der Waals surface area (Å²) in [6.07, 6.45) is -15.5. The Morgan fingerprint density at radius 3 is 1.85 bits per heavy atom. The van der Waals surface area contributed by atoms with Gasteiger partial charge in [-0.15, -0.1) is 0 Å². The molecule has 0 aromatic heterocycles. The van der Waals surface area contributed by atoms with Crippen LogP contribution >= 0.6 is 0 Å². The summed E-state index contributed by atoms with van der Waals surface area (Å²) >= 11 is 0. The lowest BCUT2D eigenvalue weighted by Crippen LogP contribution is -2.49. The van der Waals surface area contributed by atoms with Crippen LogP contribution in [-0.2, 0) is 29.9 Å². The van der Waals surface area contributed by atoms with Gasteiger partial charge in [-0.05, 0) is 72.7 Å². The molecular formula is C25H21F9N2O3. The number of halogens is 9. The fraction of sp³-hybridized carbons (Fsp3) is 0.440. The minimum Gasteiger partial charge on any atom is -0.465 e. The summed E-state index contributed by atoms with van der Waals surface area (Å²) in [6, 6.07) is 1.13. The molecule has 14 heteroatoms. The van der Waals surface area contributed by atoms with Crippen LogP contribution in [0.3, 0.4) is 0 Å². The molecule has 1 fully saturated rings. The van der Waals surface area contributed by atoms with Crippen LogP contribution in [0.15, 0.2) is 36.4 Å². The molecule has 0 radical (unpaired) electrons. The summed E-state index contributed by atoms with van der Waals surface area (Å²) in [5.74, 6) is -0.995. The van der Waals surface area contributed by atoms with Crippen molar-refractivity contribution in [2.24, 2.45) is 5.92 Å². The Labute approximate surface area is 215 Å². The summed E-state index contributed by atoms with van der Waals surface area (Å²) in [6.45, 7) is 0.203. The average Bonchev–Trinajstić information content (AvgIpc) is 3.64. The van der Waals surface area contributed by atoms with Crippen molar-refractivity contribution < 1.29 is 54.2 Å². The maximum atomic E-state index is 13.6. The van der Waals surface area contributed by atoms with E-state index in [-0.39, 0.29) is 29.7 Å². The molecule has 212 valence electrons. The van der Waals surface area contributed by atoms with Gasteiger partial charge in [0.2, 0.25) is 5.91 Å². The Morgan fingerprint density at radius 2 is 1.41 bits per heavy atom. The maximum Gasteiger partial charge on any atom is 0.416 e. The molecule has 0 bridgehead atoms. The second kappa shape index (κ2) is 9.63. The zero-order valence-electron chi connectivity index (χ0n) is 20.1. The highest BCUT2D eigenvalue weighted by Gasteiger charge is 2.47. The molecule has 2 amide bonds. The van der Waals surface area contributed by atoms with Crippen molar-refractivity contribution in [3.05, 3.63) is 64.2 Å². The number of benzene rings is 2. The second-order valence-electron chi connectivity index (χ2n) is 9.64. The van der Waals surface area contributed by atoms with E-state index in [0.29, 0.717) is 37.1 Å². The van der Waals surface area contributed by atoms with Crippen molar-refractivity contribution in [1.29, 1.82) is 0 Å². The van der Waals surface area contributed by atoms with E-state index in [0.717, 1.165) is 22.8 Å². The first-order valence-corrected chi connectivity index (χ1v) is 11.7. The lowest BCUT2D eigenvalue weighted by molar-refractivity contribution is -0.143. The fourth-order valence-electron chi connectivity index (χ4n) is 5.03. The lowest BCUT2D eigenvalue weighted by atomic mass is 9.86. The molecule has 2 aromatic carbocycles. The molecular weight excluding hydrogens is 547 g/mol. The lowest BCUT2D eigenvalue weighted by Gasteiger charge is -2.44. The predicted molar refractivity (Wildman–Crippen MR) is 118 cm³/mol. The van der Waals surface area contributed by atoms with E-state index < -0.39 is 71.4 Å². The Kier molecular flexibility index (Phi) is 7.05. The number of carbonyl (C=O) groups excluding carboxylic acids is 1. The molecule has 5 nitrogen and oxygen atoms in total. The molecule has 1 N–H and O–H groups in total. The number of alkyl halides is 9. The predicted octanol–water partition coefficient (Wildman–Crippen LogP) is 7.50. The molecule has 2 atom stereocenters. The molecule has 0 spiro atoms. The number of anilines is 1. The van der Waals surface area contributed by atoms with Crippen LogP contribution in [0.2, 0.25) is 0 Å². The Hall–Kier alpha value is -3.45. The minimum atomic E-state index is -5.14. The molecule has 1 aliphatic carbocycles. The van der Waals surface area contributed by atoms with E-state index in [9.17, 15) is 54.2 Å². The first-order chi connectivity index (χ1) is 17.9. The van der Waals surface area contributed by atoms with E-state index in [1.165, 1.54) is 0 Å². The van der Waals surface area contributed by atoms with Crippen molar-refractivity contribution in [3.63, 3.8) is 0 Å². The number of amides is 2. The highest BCUT2D eigenvalue weighted by atomic mass is 19.4. The van der Waals surface area contributed by atoms with Crippen LogP contribution in [0, 0.1) is 5.92 Å². The average molecular weight is 568 g/mol. The van der Waals surface area contributed by atoms with Crippen LogP contribution in [0.5, 0.6) is 0 Å². The van der Waals surface area contributed by atoms with Crippen LogP contribution in [0.25, 0.3) is 0 Å². The number of nitrogens with zero attached hydrogens (tertiary/aromatic N) is 2. The molecule has 4 rings (SSSR count). The summed E-state index contributed by atoms with van der Waals surface area (Å²) in [4.78, 5) is 26.7. The molecule has 2 aromatic rings. The van der Waals surface area contributed by atoms with Crippen molar-refractivity contribution in [2.45, 2.75) is 63.3 Å². The number of hydrogen-bond acceptors (Lipinski definition) is 2. The SMILES string of the molecule is CC(=O)N(Cc1cc(C(F)(F)F)cc(C(F)(F)F)c1)[C@H]1C[C@@H](C2CC2)N(C(=O)O)c2ccc(C(F)(F)F)cc21. The van der Waals surface area contributed by atoms with Crippen LogP contribution in [0.4, 0.5) is 50.0 Å². The third-order valence-corrected chi connectivity index (χ3v) is 6.92. The molecule has 1 saturated carbocycles. The van der Waals surface area contributed by atoms with Crippen LogP contribution in [0.1, 0.15) is 60.0 Å². The maximum absolute atomic E-state index is 13.6. The zero-order chi connectivity index (χ0) is 29.1. The van der Waals surface area contributed by atoms with Gasteiger partial charge < -0.3 is 10.0 Å². The molecule has 39 heavy (non-hydrogen) atoms. The molecule has 1 heterocycles. The van der Waals surface area contributed by atoms with Crippen molar-refractivity contribution >= 4 is 17.7 Å². The molecule has 0 saturated heterocycles. The highest BCUT2D eigenvalue weighted by Crippen LogP contribution is 2.49. The van der Waals surface area contributed by atoms with Gasteiger partial charge in [-0.2, -0.15) is 39.5 Å². The van der Waals surface area contributed by atoms with Gasteiger partial charge in [-0.1, -0.05) is 0 Å². The van der Waals surface area contributed by atoms with E-state index in [1.807, 2.05) is 0 Å². The van der Waals surface area contributed by atoms with Gasteiger partial charge in [0, 0.05) is 19.5 Å². The summed E-state index contributed by atoms with van der Waals surface area (Å²) < 4.78 is 121. The highest BCUT2D eigenvalue weighted by molar-refractivity contribution is 5.89. The number of carbonyl (C=O) groups is 2. The van der Waals surface area contributed by atoms with Gasteiger partial charge in [0.1, 0.15) is 0 Å². The van der Waals surface area contributed by atoms with E-state index in [4.69, 9.17) is 0 Å². The molecule has 2 aliphatic rings. The first-order valence-electron chi connectivity index (χ1n) is 11.7. The molecule has 1 aliphatic heterocycles. The third kappa shape index (κ3) is 5.93. The number of carboxylic acid groups (broad SMARTS) is 1. The topological polar surface area (TPSA) is 60.9 Å². The van der Waals surface area contributed by atoms with Crippen molar-refractivity contribution in [1.82, 2.24) is 4.90 Å². The zero-order valence-corrected chi connectivity index (χ0v) is 20.1. The smallest absolute Gasteiger partial charge is 0.416 e. The summed E-state index contributed by atoms with van der Waals surface area (Å²) in [5, 5.41) is 9.85. The van der Waals surface area contributed by atoms with Crippen molar-refractivity contribution in [3.8, 4) is 0 Å². The van der Waals surface area contributed by atoms with E-state index in [1.54, 1.807) is 0 Å². The Balaban J connectivity index is 1.85. The summed E-state index contributed by atoms with van der Waals surface area (Å²) in [5.41, 5.74) is -5.25. The fourth-order valence-corrected chi connectivity index (χ4v) is 5.03.